The molecule has 2 rings (SSSR count). The Hall–Kier alpha value is -1.33. The molecule has 96 valence electrons. The van der Waals surface area contributed by atoms with Crippen molar-refractivity contribution in [2.75, 3.05) is 6.54 Å². The van der Waals surface area contributed by atoms with Crippen LogP contribution in [0.1, 0.15) is 11.5 Å². The summed E-state index contributed by atoms with van der Waals surface area (Å²) in [5, 5.41) is 0. The van der Waals surface area contributed by atoms with Gasteiger partial charge in [0.05, 0.1) is 5.69 Å². The molecule has 1 heterocycles. The normalized spacial score (nSPS) is 10.6. The molecule has 0 aliphatic heterocycles. The predicted octanol–water partition coefficient (Wildman–Crippen LogP) is 2.26. The molecule has 0 saturated carbocycles. The number of hydrogen-bond donors (Lipinski definition) is 1. The summed E-state index contributed by atoms with van der Waals surface area (Å²) >= 11 is 3.41. The Morgan fingerprint density at radius 2 is 2.28 bits per heavy atom. The molecule has 5 heteroatoms. The Labute approximate surface area is 115 Å². The molecule has 0 saturated heterocycles. The molecule has 0 radical (unpaired) electrons. The zero-order valence-electron chi connectivity index (χ0n) is 10.3. The molecule has 1 aromatic heterocycles. The number of hydrogen-bond acceptors (Lipinski definition) is 3. The van der Waals surface area contributed by atoms with E-state index in [0.717, 1.165) is 28.2 Å². The third-order valence-corrected chi connectivity index (χ3v) is 3.08. The van der Waals surface area contributed by atoms with Gasteiger partial charge >= 0.3 is 0 Å². The quantitative estimate of drug-likeness (QED) is 0.921. The Bertz CT molecular complexity index is 525. The monoisotopic (exact) mass is 309 g/mol. The molecule has 0 atom stereocenters. The first kappa shape index (κ1) is 13.1. The Balaban J connectivity index is 2.01. The fourth-order valence-corrected chi connectivity index (χ4v) is 2.06. The number of nitrogens with two attached hydrogens (primary N) is 1. The van der Waals surface area contributed by atoms with Crippen LogP contribution in [0, 0.1) is 0 Å². The van der Waals surface area contributed by atoms with Gasteiger partial charge in [-0.3, -0.25) is 0 Å². The van der Waals surface area contributed by atoms with Crippen LogP contribution < -0.4 is 10.5 Å². The zero-order valence-corrected chi connectivity index (χ0v) is 11.9. The van der Waals surface area contributed by atoms with Gasteiger partial charge in [0, 0.05) is 24.1 Å². The highest BCUT2D eigenvalue weighted by Gasteiger charge is 2.05. The van der Waals surface area contributed by atoms with E-state index < -0.39 is 0 Å². The van der Waals surface area contributed by atoms with Crippen LogP contribution in [0.15, 0.2) is 34.9 Å². The number of halogens is 1. The van der Waals surface area contributed by atoms with Crippen LogP contribution in [0.3, 0.4) is 0 Å². The molecule has 0 amide bonds. The number of nitrogens with zero attached hydrogens (tertiary/aromatic N) is 2. The molecule has 0 aliphatic rings. The van der Waals surface area contributed by atoms with Crippen LogP contribution in [-0.2, 0) is 20.1 Å². The van der Waals surface area contributed by atoms with Gasteiger partial charge in [0.1, 0.15) is 18.2 Å². The van der Waals surface area contributed by atoms with Crippen LogP contribution in [0.5, 0.6) is 5.75 Å². The predicted molar refractivity (Wildman–Crippen MR) is 74.4 cm³/mol. The van der Waals surface area contributed by atoms with Gasteiger partial charge in [-0.15, -0.1) is 0 Å². The minimum Gasteiger partial charge on any atom is -0.486 e. The van der Waals surface area contributed by atoms with Gasteiger partial charge in [0.2, 0.25) is 0 Å². The summed E-state index contributed by atoms with van der Waals surface area (Å²) in [4.78, 5) is 4.48. The number of rotatable bonds is 5. The molecule has 0 spiro atoms. The smallest absolute Gasteiger partial charge is 0.146 e. The van der Waals surface area contributed by atoms with Gasteiger partial charge in [-0.1, -0.05) is 22.0 Å². The summed E-state index contributed by atoms with van der Waals surface area (Å²) in [6, 6.07) is 7.77. The second-order valence-electron chi connectivity index (χ2n) is 4.04. The Morgan fingerprint density at radius 3 is 3.00 bits per heavy atom. The first-order chi connectivity index (χ1) is 8.69. The highest BCUT2D eigenvalue weighted by atomic mass is 79.9. The van der Waals surface area contributed by atoms with Crippen LogP contribution in [0.2, 0.25) is 0 Å². The molecule has 0 fully saturated rings. The summed E-state index contributed by atoms with van der Waals surface area (Å²) in [5.41, 5.74) is 6.52. The van der Waals surface area contributed by atoms with E-state index in [1.807, 2.05) is 42.1 Å². The number of imidazole rings is 1. The molecule has 1 aromatic carbocycles. The number of aryl methyl sites for hydroxylation is 1. The van der Waals surface area contributed by atoms with E-state index in [2.05, 4.69) is 20.9 Å². The second-order valence-corrected chi connectivity index (χ2v) is 4.96. The van der Waals surface area contributed by atoms with Gasteiger partial charge in [-0.25, -0.2) is 4.98 Å². The van der Waals surface area contributed by atoms with Gasteiger partial charge in [0.25, 0.3) is 0 Å². The lowest BCUT2D eigenvalue weighted by molar-refractivity contribution is 0.291. The van der Waals surface area contributed by atoms with Gasteiger partial charge in [-0.05, 0) is 24.7 Å². The first-order valence-electron chi connectivity index (χ1n) is 5.78. The van der Waals surface area contributed by atoms with Crippen LogP contribution >= 0.6 is 15.9 Å². The first-order valence-corrected chi connectivity index (χ1v) is 6.58. The second kappa shape index (κ2) is 6.02. The van der Waals surface area contributed by atoms with E-state index in [1.165, 1.54) is 0 Å². The van der Waals surface area contributed by atoms with Crippen molar-refractivity contribution < 1.29 is 4.74 Å². The van der Waals surface area contributed by atoms with Crippen LogP contribution in [0.25, 0.3) is 0 Å². The minimum atomic E-state index is 0.456. The number of aromatic nitrogens is 2. The molecule has 0 unspecified atom stereocenters. The maximum atomic E-state index is 5.70. The summed E-state index contributed by atoms with van der Waals surface area (Å²) in [6.45, 7) is 1.07. The minimum absolute atomic E-state index is 0.456. The largest absolute Gasteiger partial charge is 0.486 e. The Morgan fingerprint density at radius 1 is 1.44 bits per heavy atom. The lowest BCUT2D eigenvalue weighted by Crippen LogP contribution is -2.04. The summed E-state index contributed by atoms with van der Waals surface area (Å²) in [5.74, 6) is 1.73. The maximum absolute atomic E-state index is 5.70. The fraction of sp³-hybridized carbons (Fsp3) is 0.308. The highest BCUT2D eigenvalue weighted by molar-refractivity contribution is 9.10. The zero-order chi connectivity index (χ0) is 13.0. The third kappa shape index (κ3) is 3.34. The van der Waals surface area contributed by atoms with Crippen molar-refractivity contribution in [1.82, 2.24) is 9.55 Å². The summed E-state index contributed by atoms with van der Waals surface area (Å²) < 4.78 is 8.68. The summed E-state index contributed by atoms with van der Waals surface area (Å²) in [6.07, 6.45) is 2.79. The van der Waals surface area contributed by atoms with E-state index in [9.17, 15) is 0 Å². The van der Waals surface area contributed by atoms with Gasteiger partial charge in [-0.2, -0.15) is 0 Å². The van der Waals surface area contributed by atoms with Gasteiger partial charge in [0.15, 0.2) is 0 Å². The van der Waals surface area contributed by atoms with Crippen molar-refractivity contribution in [3.63, 3.8) is 0 Å². The van der Waals surface area contributed by atoms with Crippen molar-refractivity contribution in [3.8, 4) is 5.75 Å². The van der Waals surface area contributed by atoms with E-state index in [1.54, 1.807) is 0 Å². The topological polar surface area (TPSA) is 53.1 Å². The average molecular weight is 310 g/mol. The fourth-order valence-electron chi connectivity index (χ4n) is 1.68. The standard InChI is InChI=1S/C13H16BrN3O/c1-17-8-11(5-6-15)16-13(17)9-18-12-4-2-3-10(14)7-12/h2-4,7-8H,5-6,9,15H2,1H3. The van der Waals surface area contributed by atoms with E-state index in [4.69, 9.17) is 10.5 Å². The third-order valence-electron chi connectivity index (χ3n) is 2.59. The lowest BCUT2D eigenvalue weighted by Gasteiger charge is -2.06. The molecule has 4 nitrogen and oxygen atoms in total. The molecule has 18 heavy (non-hydrogen) atoms. The Kier molecular flexibility index (Phi) is 4.38. The summed E-state index contributed by atoms with van der Waals surface area (Å²) in [7, 11) is 1.96. The highest BCUT2D eigenvalue weighted by Crippen LogP contribution is 2.18. The van der Waals surface area contributed by atoms with Crippen molar-refractivity contribution in [1.29, 1.82) is 0 Å². The molecule has 2 N–H and O–H groups in total. The van der Waals surface area contributed by atoms with Crippen molar-refractivity contribution in [2.24, 2.45) is 12.8 Å². The SMILES string of the molecule is Cn1cc(CCN)nc1COc1cccc(Br)c1. The van der Waals surface area contributed by atoms with Crippen molar-refractivity contribution in [3.05, 3.63) is 46.5 Å². The molecule has 2 aromatic rings. The van der Waals surface area contributed by atoms with E-state index in [-0.39, 0.29) is 0 Å². The molecular weight excluding hydrogens is 294 g/mol. The average Bonchev–Trinajstić information content (AvgIpc) is 2.68. The number of benzene rings is 1. The van der Waals surface area contributed by atoms with Crippen molar-refractivity contribution in [2.45, 2.75) is 13.0 Å². The van der Waals surface area contributed by atoms with Gasteiger partial charge < -0.3 is 15.0 Å². The van der Waals surface area contributed by atoms with Crippen LogP contribution in [0.4, 0.5) is 0 Å². The number of ether oxygens (including phenoxy) is 1. The van der Waals surface area contributed by atoms with E-state index in [0.29, 0.717) is 13.2 Å². The lowest BCUT2D eigenvalue weighted by atomic mass is 10.3. The molecule has 0 bridgehead atoms. The van der Waals surface area contributed by atoms with Crippen LogP contribution in [-0.4, -0.2) is 16.1 Å². The molecule has 0 aliphatic carbocycles. The maximum Gasteiger partial charge on any atom is 0.146 e. The molecular formula is C13H16BrN3O. The van der Waals surface area contributed by atoms with Crippen molar-refractivity contribution >= 4 is 15.9 Å². The van der Waals surface area contributed by atoms with E-state index >= 15 is 0 Å².